The van der Waals surface area contributed by atoms with Crippen molar-refractivity contribution < 1.29 is 9.59 Å². The Hall–Kier alpha value is -2.91. The molecule has 2 amide bonds. The van der Waals surface area contributed by atoms with Gasteiger partial charge in [-0.2, -0.15) is 0 Å². The largest absolute Gasteiger partial charge is 0.342 e. The van der Waals surface area contributed by atoms with Crippen LogP contribution in [0.25, 0.3) is 0 Å². The molecule has 0 aliphatic rings. The monoisotopic (exact) mass is 513 g/mol. The van der Waals surface area contributed by atoms with Crippen LogP contribution in [0, 0.1) is 6.92 Å². The van der Waals surface area contributed by atoms with Gasteiger partial charge >= 0.3 is 0 Å². The molecule has 0 aliphatic heterocycles. The molecule has 0 saturated heterocycles. The molecule has 0 spiro atoms. The van der Waals surface area contributed by atoms with E-state index in [1.54, 1.807) is 18.2 Å². The zero-order valence-electron chi connectivity index (χ0n) is 17.8. The second-order valence-electron chi connectivity index (χ2n) is 7.10. The van der Waals surface area contributed by atoms with Crippen LogP contribution >= 0.6 is 27.7 Å². The highest BCUT2D eigenvalue weighted by atomic mass is 79.9. The molecule has 2 N–H and O–H groups in total. The lowest BCUT2D eigenvalue weighted by Crippen LogP contribution is -2.28. The van der Waals surface area contributed by atoms with Gasteiger partial charge in [0.05, 0.1) is 11.8 Å². The van der Waals surface area contributed by atoms with Gasteiger partial charge in [-0.05, 0) is 49.7 Å². The van der Waals surface area contributed by atoms with E-state index in [-0.39, 0.29) is 23.6 Å². The van der Waals surface area contributed by atoms with Crippen molar-refractivity contribution in [2.75, 3.05) is 11.1 Å². The van der Waals surface area contributed by atoms with Crippen LogP contribution in [0.15, 0.2) is 70.8 Å². The number of hydrogen-bond donors (Lipinski definition) is 2. The number of carbonyl (C=O) groups is 2. The van der Waals surface area contributed by atoms with E-state index in [1.165, 1.54) is 11.8 Å². The zero-order chi connectivity index (χ0) is 23.1. The predicted octanol–water partition coefficient (Wildman–Crippen LogP) is 4.76. The summed E-state index contributed by atoms with van der Waals surface area (Å²) in [6.45, 7) is 8.04. The minimum atomic E-state index is -0.372. The second kappa shape index (κ2) is 11.1. The minimum Gasteiger partial charge on any atom is -0.342 e. The third kappa shape index (κ3) is 6.08. The number of nitrogens with one attached hydrogen (secondary N) is 2. The van der Waals surface area contributed by atoms with E-state index in [2.05, 4.69) is 43.3 Å². The molecule has 0 fully saturated rings. The van der Waals surface area contributed by atoms with Crippen LogP contribution in [0.5, 0.6) is 0 Å². The van der Waals surface area contributed by atoms with Gasteiger partial charge in [-0.1, -0.05) is 52.0 Å². The number of thioether (sulfide) groups is 1. The zero-order valence-corrected chi connectivity index (χ0v) is 20.2. The average molecular weight is 514 g/mol. The van der Waals surface area contributed by atoms with Gasteiger partial charge in [-0.15, -0.1) is 16.8 Å². The molecule has 0 aliphatic carbocycles. The summed E-state index contributed by atoms with van der Waals surface area (Å²) in [5.74, 6) is 0.446. The van der Waals surface area contributed by atoms with Gasteiger partial charge in [0.1, 0.15) is 0 Å². The number of benzene rings is 2. The van der Waals surface area contributed by atoms with Crippen LogP contribution in [0.3, 0.4) is 0 Å². The summed E-state index contributed by atoms with van der Waals surface area (Å²) in [7, 11) is 0. The molecule has 7 nitrogen and oxygen atoms in total. The Labute approximate surface area is 199 Å². The van der Waals surface area contributed by atoms with Crippen molar-refractivity contribution in [2.24, 2.45) is 0 Å². The summed E-state index contributed by atoms with van der Waals surface area (Å²) in [4.78, 5) is 24.9. The molecule has 9 heteroatoms. The highest BCUT2D eigenvalue weighted by molar-refractivity contribution is 9.10. The van der Waals surface area contributed by atoms with Crippen molar-refractivity contribution in [3.05, 3.63) is 82.6 Å². The van der Waals surface area contributed by atoms with E-state index >= 15 is 0 Å². The summed E-state index contributed by atoms with van der Waals surface area (Å²) in [6.07, 6.45) is 1.73. The third-order valence-corrected chi connectivity index (χ3v) is 6.08. The number of aryl methyl sites for hydroxylation is 1. The van der Waals surface area contributed by atoms with E-state index < -0.39 is 0 Å². The van der Waals surface area contributed by atoms with Gasteiger partial charge in [0, 0.05) is 22.3 Å². The fourth-order valence-corrected chi connectivity index (χ4v) is 4.28. The molecular formula is C23H24BrN5O2S. The molecule has 3 rings (SSSR count). The quantitative estimate of drug-likeness (QED) is 0.318. The van der Waals surface area contributed by atoms with E-state index in [0.29, 0.717) is 23.1 Å². The standard InChI is InChI=1S/C23H24BrN5O2S/c1-4-12-29-21(16(3)25-22(31)17-8-6-5-7-9-17)27-28-23(29)32-14-20(30)26-19-11-10-18(24)13-15(19)2/h4-11,13,16H,1,12,14H2,2-3H3,(H,25,31)(H,26,30)/t16-/m1/s1. The first-order valence-electron chi connectivity index (χ1n) is 9.97. The summed E-state index contributed by atoms with van der Waals surface area (Å²) in [6, 6.07) is 14.3. The number of halogens is 1. The Morgan fingerprint density at radius 1 is 1.22 bits per heavy atom. The van der Waals surface area contributed by atoms with Crippen LogP contribution in [-0.4, -0.2) is 32.3 Å². The number of anilines is 1. The summed E-state index contributed by atoms with van der Waals surface area (Å²) in [5.41, 5.74) is 2.31. The number of aromatic nitrogens is 3. The Balaban J connectivity index is 1.66. The molecule has 0 unspecified atom stereocenters. The van der Waals surface area contributed by atoms with Crippen molar-refractivity contribution in [1.82, 2.24) is 20.1 Å². The number of allylic oxidation sites excluding steroid dienone is 1. The molecule has 0 radical (unpaired) electrons. The predicted molar refractivity (Wildman–Crippen MR) is 131 cm³/mol. The topological polar surface area (TPSA) is 88.9 Å². The maximum Gasteiger partial charge on any atom is 0.251 e. The van der Waals surface area contributed by atoms with Crippen LogP contribution in [0.2, 0.25) is 0 Å². The maximum absolute atomic E-state index is 12.5. The first-order chi connectivity index (χ1) is 15.4. The van der Waals surface area contributed by atoms with Crippen molar-refractivity contribution in [1.29, 1.82) is 0 Å². The normalized spacial score (nSPS) is 11.6. The maximum atomic E-state index is 12.5. The number of nitrogens with zero attached hydrogens (tertiary/aromatic N) is 3. The molecule has 2 aromatic carbocycles. The highest BCUT2D eigenvalue weighted by Gasteiger charge is 2.20. The average Bonchev–Trinajstić information content (AvgIpc) is 3.18. The Morgan fingerprint density at radius 3 is 2.66 bits per heavy atom. The Morgan fingerprint density at radius 2 is 1.97 bits per heavy atom. The van der Waals surface area contributed by atoms with E-state index in [9.17, 15) is 9.59 Å². The Kier molecular flexibility index (Phi) is 8.24. The summed E-state index contributed by atoms with van der Waals surface area (Å²) < 4.78 is 2.81. The van der Waals surface area contributed by atoms with Gasteiger partial charge in [0.15, 0.2) is 11.0 Å². The number of carbonyl (C=O) groups excluding carboxylic acids is 2. The van der Waals surface area contributed by atoms with Crippen molar-refractivity contribution >= 4 is 45.2 Å². The Bertz CT molecular complexity index is 1120. The summed E-state index contributed by atoms with van der Waals surface area (Å²) >= 11 is 4.70. The molecule has 1 aromatic heterocycles. The van der Waals surface area contributed by atoms with E-state index in [0.717, 1.165) is 15.7 Å². The highest BCUT2D eigenvalue weighted by Crippen LogP contribution is 2.23. The van der Waals surface area contributed by atoms with Gasteiger partial charge in [-0.3, -0.25) is 9.59 Å². The summed E-state index contributed by atoms with van der Waals surface area (Å²) in [5, 5.41) is 14.9. The fourth-order valence-electron chi connectivity index (χ4n) is 3.05. The van der Waals surface area contributed by atoms with E-state index in [1.807, 2.05) is 54.8 Å². The molecule has 166 valence electrons. The SMILES string of the molecule is C=CCn1c(SCC(=O)Nc2ccc(Br)cc2C)nnc1[C@@H](C)NC(=O)c1ccccc1. The van der Waals surface area contributed by atoms with Crippen LogP contribution < -0.4 is 10.6 Å². The van der Waals surface area contributed by atoms with Crippen molar-refractivity contribution in [3.63, 3.8) is 0 Å². The first-order valence-corrected chi connectivity index (χ1v) is 11.8. The number of rotatable bonds is 9. The smallest absolute Gasteiger partial charge is 0.251 e. The molecular weight excluding hydrogens is 490 g/mol. The van der Waals surface area contributed by atoms with Gasteiger partial charge in [0.25, 0.3) is 5.91 Å². The molecule has 32 heavy (non-hydrogen) atoms. The lowest BCUT2D eigenvalue weighted by Gasteiger charge is -2.15. The lowest BCUT2D eigenvalue weighted by molar-refractivity contribution is -0.113. The number of amides is 2. The first kappa shape index (κ1) is 23.7. The lowest BCUT2D eigenvalue weighted by atomic mass is 10.2. The fraction of sp³-hybridized carbons (Fsp3) is 0.217. The van der Waals surface area contributed by atoms with Gasteiger partial charge < -0.3 is 15.2 Å². The molecule has 1 atom stereocenters. The molecule has 0 bridgehead atoms. The molecule has 0 saturated carbocycles. The second-order valence-corrected chi connectivity index (χ2v) is 8.96. The molecule has 1 heterocycles. The van der Waals surface area contributed by atoms with Crippen LogP contribution in [-0.2, 0) is 11.3 Å². The molecule has 3 aromatic rings. The van der Waals surface area contributed by atoms with E-state index in [4.69, 9.17) is 0 Å². The van der Waals surface area contributed by atoms with Gasteiger partial charge in [-0.25, -0.2) is 0 Å². The number of hydrogen-bond acceptors (Lipinski definition) is 5. The third-order valence-electron chi connectivity index (χ3n) is 4.62. The van der Waals surface area contributed by atoms with Crippen molar-refractivity contribution in [2.45, 2.75) is 31.6 Å². The van der Waals surface area contributed by atoms with Crippen molar-refractivity contribution in [3.8, 4) is 0 Å². The van der Waals surface area contributed by atoms with Gasteiger partial charge in [0.2, 0.25) is 5.91 Å². The van der Waals surface area contributed by atoms with Crippen LogP contribution in [0.1, 0.15) is 34.7 Å². The van der Waals surface area contributed by atoms with Crippen LogP contribution in [0.4, 0.5) is 5.69 Å². The minimum absolute atomic E-state index is 0.138.